The Morgan fingerprint density at radius 1 is 1.32 bits per heavy atom. The highest BCUT2D eigenvalue weighted by Gasteiger charge is 2.35. The van der Waals surface area contributed by atoms with Crippen LogP contribution in [0.25, 0.3) is 0 Å². The molecule has 0 aliphatic carbocycles. The lowest BCUT2D eigenvalue weighted by Crippen LogP contribution is -2.39. The summed E-state index contributed by atoms with van der Waals surface area (Å²) >= 11 is 1.20. The van der Waals surface area contributed by atoms with E-state index in [1.165, 1.54) is 21.9 Å². The minimum atomic E-state index is -0.683. The van der Waals surface area contributed by atoms with E-state index in [-0.39, 0.29) is 12.1 Å². The van der Waals surface area contributed by atoms with Crippen molar-refractivity contribution in [1.82, 2.24) is 10.2 Å². The van der Waals surface area contributed by atoms with Crippen molar-refractivity contribution in [3.8, 4) is 0 Å². The molecule has 0 spiro atoms. The van der Waals surface area contributed by atoms with Crippen molar-refractivity contribution in [3.63, 3.8) is 0 Å². The van der Waals surface area contributed by atoms with Gasteiger partial charge in [0, 0.05) is 6.42 Å². The number of nitrogens with two attached hydrogens (primary N) is 1. The maximum Gasteiger partial charge on any atom is 0.273 e. The largest absolute Gasteiger partial charge is 0.368 e. The first-order valence-electron chi connectivity index (χ1n) is 6.44. The number of aromatic nitrogens is 2. The maximum absolute atomic E-state index is 12.2. The van der Waals surface area contributed by atoms with Crippen LogP contribution in [0.15, 0.2) is 40.9 Å². The van der Waals surface area contributed by atoms with Gasteiger partial charge in [-0.3, -0.25) is 19.9 Å². The molecular weight excluding hydrogens is 304 g/mol. The van der Waals surface area contributed by atoms with E-state index < -0.39 is 17.9 Å². The first kappa shape index (κ1) is 14.1. The van der Waals surface area contributed by atoms with E-state index in [0.29, 0.717) is 10.8 Å². The third-order valence-electron chi connectivity index (χ3n) is 3.10. The molecule has 112 valence electrons. The van der Waals surface area contributed by atoms with E-state index in [1.807, 2.05) is 18.2 Å². The zero-order chi connectivity index (χ0) is 15.5. The number of primary amides is 1. The Bertz CT molecular complexity index is 715. The van der Waals surface area contributed by atoms with Crippen molar-refractivity contribution < 1.29 is 9.59 Å². The minimum absolute atomic E-state index is 0.148. The molecule has 2 aromatic rings. The lowest BCUT2D eigenvalue weighted by atomic mass is 10.1. The van der Waals surface area contributed by atoms with E-state index >= 15 is 0 Å². The number of anilines is 2. The molecule has 1 aromatic heterocycles. The fourth-order valence-corrected chi connectivity index (χ4v) is 2.52. The quantitative estimate of drug-likeness (QED) is 0.857. The van der Waals surface area contributed by atoms with Crippen LogP contribution in [0.4, 0.5) is 10.8 Å². The van der Waals surface area contributed by atoms with Crippen molar-refractivity contribution in [1.29, 1.82) is 0 Å². The highest BCUT2D eigenvalue weighted by molar-refractivity contribution is 7.13. The normalized spacial score (nSPS) is 17.2. The molecule has 3 rings (SSSR count). The van der Waals surface area contributed by atoms with Crippen LogP contribution in [0.1, 0.15) is 6.42 Å². The average Bonchev–Trinajstić information content (AvgIpc) is 3.17. The highest BCUT2D eigenvalue weighted by Crippen LogP contribution is 2.24. The van der Waals surface area contributed by atoms with Crippen molar-refractivity contribution in [2.45, 2.75) is 12.5 Å². The monoisotopic (exact) mass is 316 g/mol. The van der Waals surface area contributed by atoms with Gasteiger partial charge in [0.2, 0.25) is 11.0 Å². The number of amides is 2. The molecule has 22 heavy (non-hydrogen) atoms. The summed E-state index contributed by atoms with van der Waals surface area (Å²) in [5.74, 6) is -0.951. The van der Waals surface area contributed by atoms with E-state index in [1.54, 1.807) is 12.1 Å². The molecule has 2 heterocycles. The lowest BCUT2D eigenvalue weighted by Gasteiger charge is -2.20. The Morgan fingerprint density at radius 2 is 2.09 bits per heavy atom. The first-order chi connectivity index (χ1) is 10.6. The SMILES string of the molecule is NC(=O)[C@@H]1CC(C(=O)Nc2nncs2)=NN1c1ccccc1. The van der Waals surface area contributed by atoms with Crippen molar-refractivity contribution in [3.05, 3.63) is 35.8 Å². The summed E-state index contributed by atoms with van der Waals surface area (Å²) in [4.78, 5) is 23.8. The first-order valence-corrected chi connectivity index (χ1v) is 7.31. The predicted molar refractivity (Wildman–Crippen MR) is 82.5 cm³/mol. The number of rotatable bonds is 4. The topological polar surface area (TPSA) is 114 Å². The number of benzene rings is 1. The Labute approximate surface area is 129 Å². The van der Waals surface area contributed by atoms with Crippen LogP contribution >= 0.6 is 11.3 Å². The van der Waals surface area contributed by atoms with Gasteiger partial charge in [-0.1, -0.05) is 29.5 Å². The lowest BCUT2D eigenvalue weighted by molar-refractivity contribution is -0.119. The summed E-state index contributed by atoms with van der Waals surface area (Å²) in [5, 5.41) is 16.0. The molecule has 8 nitrogen and oxygen atoms in total. The third-order valence-corrected chi connectivity index (χ3v) is 3.71. The Hall–Kier alpha value is -2.81. The summed E-state index contributed by atoms with van der Waals surface area (Å²) in [6.07, 6.45) is 0.148. The van der Waals surface area contributed by atoms with Gasteiger partial charge >= 0.3 is 0 Å². The van der Waals surface area contributed by atoms with Crippen molar-refractivity contribution in [2.24, 2.45) is 10.8 Å². The van der Waals surface area contributed by atoms with E-state index in [0.717, 1.165) is 0 Å². The Balaban J connectivity index is 1.83. The molecule has 3 N–H and O–H groups in total. The van der Waals surface area contributed by atoms with Gasteiger partial charge in [-0.25, -0.2) is 0 Å². The number of hydrogen-bond donors (Lipinski definition) is 2. The standard InChI is InChI=1S/C13H12N6O2S/c14-11(20)10-6-9(12(21)16-13-17-15-7-22-13)18-19(10)8-4-2-1-3-5-8/h1-5,7,10H,6H2,(H2,14,20)(H,16,17,21)/t10-/m0/s1. The van der Waals surface area contributed by atoms with Crippen LogP contribution in [0, 0.1) is 0 Å². The summed E-state index contributed by atoms with van der Waals surface area (Å²) in [6, 6.07) is 8.41. The summed E-state index contributed by atoms with van der Waals surface area (Å²) < 4.78 is 0. The van der Waals surface area contributed by atoms with E-state index in [4.69, 9.17) is 5.73 Å². The summed E-state index contributed by atoms with van der Waals surface area (Å²) in [6.45, 7) is 0. The second-order valence-electron chi connectivity index (χ2n) is 4.55. The fourth-order valence-electron chi connectivity index (χ4n) is 2.08. The number of hydrazone groups is 1. The predicted octanol–water partition coefficient (Wildman–Crippen LogP) is 0.597. The summed E-state index contributed by atoms with van der Waals surface area (Å²) in [7, 11) is 0. The number of carbonyl (C=O) groups is 2. The average molecular weight is 316 g/mol. The van der Waals surface area contributed by atoms with Crippen LogP contribution in [0.3, 0.4) is 0 Å². The zero-order valence-corrected chi connectivity index (χ0v) is 12.2. The van der Waals surface area contributed by atoms with Gasteiger partial charge in [-0.2, -0.15) is 5.10 Å². The molecule has 1 aliphatic rings. The zero-order valence-electron chi connectivity index (χ0n) is 11.3. The third kappa shape index (κ3) is 2.79. The van der Waals surface area contributed by atoms with Crippen molar-refractivity contribution in [2.75, 3.05) is 10.3 Å². The molecule has 1 aromatic carbocycles. The van der Waals surface area contributed by atoms with Crippen LogP contribution in [-0.2, 0) is 9.59 Å². The molecule has 1 atom stereocenters. The Morgan fingerprint density at radius 3 is 2.73 bits per heavy atom. The molecule has 9 heteroatoms. The van der Waals surface area contributed by atoms with Crippen LogP contribution in [0.5, 0.6) is 0 Å². The number of hydrogen-bond acceptors (Lipinski definition) is 7. The molecular formula is C13H12N6O2S. The molecule has 0 radical (unpaired) electrons. The van der Waals surface area contributed by atoms with Gasteiger partial charge in [-0.05, 0) is 12.1 Å². The maximum atomic E-state index is 12.2. The molecule has 0 unspecified atom stereocenters. The van der Waals surface area contributed by atoms with Gasteiger partial charge in [0.15, 0.2) is 0 Å². The Kier molecular flexibility index (Phi) is 3.79. The van der Waals surface area contributed by atoms with Crippen LogP contribution in [-0.4, -0.2) is 33.8 Å². The second kappa shape index (κ2) is 5.90. The molecule has 0 saturated heterocycles. The van der Waals surface area contributed by atoms with Crippen LogP contribution in [0.2, 0.25) is 0 Å². The summed E-state index contributed by atoms with van der Waals surface area (Å²) in [5.41, 5.74) is 7.85. The molecule has 0 fully saturated rings. The van der Waals surface area contributed by atoms with Crippen LogP contribution < -0.4 is 16.1 Å². The van der Waals surface area contributed by atoms with E-state index in [2.05, 4.69) is 20.6 Å². The number of nitrogens with one attached hydrogen (secondary N) is 1. The van der Waals surface area contributed by atoms with Gasteiger partial charge in [-0.15, -0.1) is 10.2 Å². The number of carbonyl (C=O) groups excluding carboxylic acids is 2. The fraction of sp³-hybridized carbons (Fsp3) is 0.154. The molecule has 0 bridgehead atoms. The number of para-hydroxylation sites is 1. The van der Waals surface area contributed by atoms with Gasteiger partial charge < -0.3 is 5.73 Å². The molecule has 2 amide bonds. The molecule has 1 aliphatic heterocycles. The second-order valence-corrected chi connectivity index (χ2v) is 5.38. The minimum Gasteiger partial charge on any atom is -0.368 e. The van der Waals surface area contributed by atoms with Gasteiger partial charge in [0.1, 0.15) is 17.3 Å². The highest BCUT2D eigenvalue weighted by atomic mass is 32.1. The molecule has 0 saturated carbocycles. The van der Waals surface area contributed by atoms with Crippen molar-refractivity contribution >= 4 is 39.7 Å². The van der Waals surface area contributed by atoms with Gasteiger partial charge in [0.25, 0.3) is 5.91 Å². The van der Waals surface area contributed by atoms with E-state index in [9.17, 15) is 9.59 Å². The van der Waals surface area contributed by atoms with Gasteiger partial charge in [0.05, 0.1) is 5.69 Å². The smallest absolute Gasteiger partial charge is 0.273 e. The number of nitrogens with zero attached hydrogens (tertiary/aromatic N) is 4.